The highest BCUT2D eigenvalue weighted by atomic mass is 16.5. The van der Waals surface area contributed by atoms with Crippen molar-refractivity contribution in [1.82, 2.24) is 20.2 Å². The highest BCUT2D eigenvalue weighted by Crippen LogP contribution is 2.24. The first-order chi connectivity index (χ1) is 11.2. The second-order valence-corrected chi connectivity index (χ2v) is 4.86. The standard InChI is InChI=1S/C16H15N5O2/c1-21-15(18-19-20-21)11-6-5-7-12(10-11)16(22)17-13-8-3-4-9-14(13)23-2/h3-10H,1-2H3,(H,17,22). The quantitative estimate of drug-likeness (QED) is 0.798. The Morgan fingerprint density at radius 1 is 1.17 bits per heavy atom. The summed E-state index contributed by atoms with van der Waals surface area (Å²) in [5, 5.41) is 14.2. The van der Waals surface area contributed by atoms with Crippen LogP contribution in [0.4, 0.5) is 5.69 Å². The maximum Gasteiger partial charge on any atom is 0.255 e. The molecular weight excluding hydrogens is 294 g/mol. The van der Waals surface area contributed by atoms with Gasteiger partial charge in [-0.1, -0.05) is 24.3 Å². The van der Waals surface area contributed by atoms with Crippen LogP contribution in [0.25, 0.3) is 11.4 Å². The number of benzene rings is 2. The number of amides is 1. The number of ether oxygens (including phenoxy) is 1. The summed E-state index contributed by atoms with van der Waals surface area (Å²) in [5.41, 5.74) is 1.90. The van der Waals surface area contributed by atoms with Gasteiger partial charge in [0.2, 0.25) is 0 Å². The number of hydrogen-bond acceptors (Lipinski definition) is 5. The molecule has 0 fully saturated rings. The van der Waals surface area contributed by atoms with Crippen molar-refractivity contribution >= 4 is 11.6 Å². The van der Waals surface area contributed by atoms with E-state index in [1.165, 1.54) is 0 Å². The van der Waals surface area contributed by atoms with Crippen molar-refractivity contribution in [3.63, 3.8) is 0 Å². The molecule has 1 amide bonds. The van der Waals surface area contributed by atoms with E-state index in [1.807, 2.05) is 18.2 Å². The van der Waals surface area contributed by atoms with Crippen molar-refractivity contribution in [3.05, 3.63) is 54.1 Å². The Bertz CT molecular complexity index is 844. The lowest BCUT2D eigenvalue weighted by Gasteiger charge is -2.10. The normalized spacial score (nSPS) is 10.3. The molecule has 7 heteroatoms. The fraction of sp³-hybridized carbons (Fsp3) is 0.125. The third kappa shape index (κ3) is 3.03. The zero-order valence-corrected chi connectivity index (χ0v) is 12.7. The molecule has 0 radical (unpaired) electrons. The maximum atomic E-state index is 12.5. The van der Waals surface area contributed by atoms with Crippen LogP contribution in [-0.2, 0) is 7.05 Å². The van der Waals surface area contributed by atoms with Crippen molar-refractivity contribution in [1.29, 1.82) is 0 Å². The molecule has 1 N–H and O–H groups in total. The summed E-state index contributed by atoms with van der Waals surface area (Å²) in [7, 11) is 3.31. The lowest BCUT2D eigenvalue weighted by molar-refractivity contribution is 0.102. The van der Waals surface area contributed by atoms with Crippen LogP contribution < -0.4 is 10.1 Å². The molecule has 1 aromatic heterocycles. The van der Waals surface area contributed by atoms with Gasteiger partial charge in [-0.25, -0.2) is 4.68 Å². The Labute approximate surface area is 132 Å². The summed E-state index contributed by atoms with van der Waals surface area (Å²) in [4.78, 5) is 12.5. The van der Waals surface area contributed by atoms with Crippen molar-refractivity contribution in [2.75, 3.05) is 12.4 Å². The third-order valence-corrected chi connectivity index (χ3v) is 3.36. The Balaban J connectivity index is 1.87. The number of carbonyl (C=O) groups is 1. The van der Waals surface area contributed by atoms with E-state index >= 15 is 0 Å². The number of nitrogens with one attached hydrogen (secondary N) is 1. The summed E-state index contributed by atoms with van der Waals surface area (Å²) >= 11 is 0. The smallest absolute Gasteiger partial charge is 0.255 e. The maximum absolute atomic E-state index is 12.5. The van der Waals surface area contributed by atoms with Crippen LogP contribution in [0.2, 0.25) is 0 Å². The summed E-state index contributed by atoms with van der Waals surface area (Å²) in [6.45, 7) is 0. The van der Waals surface area contributed by atoms with Gasteiger partial charge in [-0.15, -0.1) is 5.10 Å². The van der Waals surface area contributed by atoms with Gasteiger partial charge in [0.1, 0.15) is 5.75 Å². The summed E-state index contributed by atoms with van der Waals surface area (Å²) in [6, 6.07) is 14.4. The SMILES string of the molecule is COc1ccccc1NC(=O)c1cccc(-c2nnnn2C)c1. The van der Waals surface area contributed by atoms with Crippen molar-refractivity contribution in [3.8, 4) is 17.1 Å². The average molecular weight is 309 g/mol. The Kier molecular flexibility index (Phi) is 4.01. The van der Waals surface area contributed by atoms with Crippen molar-refractivity contribution in [2.24, 2.45) is 7.05 Å². The largest absolute Gasteiger partial charge is 0.495 e. The molecule has 116 valence electrons. The number of methoxy groups -OCH3 is 1. The Morgan fingerprint density at radius 2 is 2.00 bits per heavy atom. The number of anilines is 1. The van der Waals surface area contributed by atoms with E-state index in [0.717, 1.165) is 5.56 Å². The van der Waals surface area contributed by atoms with Crippen molar-refractivity contribution < 1.29 is 9.53 Å². The lowest BCUT2D eigenvalue weighted by atomic mass is 10.1. The number of tetrazole rings is 1. The molecule has 3 rings (SSSR count). The van der Waals surface area contributed by atoms with Gasteiger partial charge in [0.05, 0.1) is 12.8 Å². The molecule has 0 bridgehead atoms. The number of nitrogens with zero attached hydrogens (tertiary/aromatic N) is 4. The first-order valence-electron chi connectivity index (χ1n) is 6.96. The van der Waals surface area contributed by atoms with E-state index in [4.69, 9.17) is 4.74 Å². The molecule has 7 nitrogen and oxygen atoms in total. The average Bonchev–Trinajstić information content (AvgIpc) is 3.01. The molecule has 0 aliphatic carbocycles. The van der Waals surface area contributed by atoms with Crippen LogP contribution in [0.3, 0.4) is 0 Å². The topological polar surface area (TPSA) is 81.9 Å². The minimum atomic E-state index is -0.230. The lowest BCUT2D eigenvalue weighted by Crippen LogP contribution is -2.12. The number of rotatable bonds is 4. The molecule has 0 spiro atoms. The highest BCUT2D eigenvalue weighted by molar-refractivity contribution is 6.05. The third-order valence-electron chi connectivity index (χ3n) is 3.36. The number of carbonyl (C=O) groups excluding carboxylic acids is 1. The number of para-hydroxylation sites is 2. The zero-order chi connectivity index (χ0) is 16.2. The van der Waals surface area contributed by atoms with Gasteiger partial charge in [-0.2, -0.15) is 0 Å². The van der Waals surface area contributed by atoms with Crippen LogP contribution >= 0.6 is 0 Å². The van der Waals surface area contributed by atoms with E-state index in [2.05, 4.69) is 20.8 Å². The van der Waals surface area contributed by atoms with Gasteiger partial charge in [-0.3, -0.25) is 4.79 Å². The number of hydrogen-bond donors (Lipinski definition) is 1. The number of aryl methyl sites for hydroxylation is 1. The highest BCUT2D eigenvalue weighted by Gasteiger charge is 2.12. The fourth-order valence-corrected chi connectivity index (χ4v) is 2.22. The molecule has 0 atom stereocenters. The Hall–Kier alpha value is -3.22. The molecule has 0 unspecified atom stereocenters. The van der Waals surface area contributed by atoms with E-state index < -0.39 is 0 Å². The van der Waals surface area contributed by atoms with Crippen LogP contribution in [0.15, 0.2) is 48.5 Å². The molecule has 0 saturated heterocycles. The van der Waals surface area contributed by atoms with Gasteiger partial charge in [0.25, 0.3) is 5.91 Å². The van der Waals surface area contributed by atoms with Crippen molar-refractivity contribution in [2.45, 2.75) is 0 Å². The summed E-state index contributed by atoms with van der Waals surface area (Å²) < 4.78 is 6.79. The second kappa shape index (κ2) is 6.27. The Morgan fingerprint density at radius 3 is 2.74 bits per heavy atom. The molecule has 1 heterocycles. The monoisotopic (exact) mass is 309 g/mol. The molecule has 0 aliphatic rings. The first kappa shape index (κ1) is 14.7. The summed E-state index contributed by atoms with van der Waals surface area (Å²) in [6.07, 6.45) is 0. The van der Waals surface area contributed by atoms with E-state index in [1.54, 1.807) is 49.2 Å². The van der Waals surface area contributed by atoms with Crippen LogP contribution in [0, 0.1) is 0 Å². The fourth-order valence-electron chi connectivity index (χ4n) is 2.22. The van der Waals surface area contributed by atoms with E-state index in [-0.39, 0.29) is 5.91 Å². The molecular formula is C16H15N5O2. The molecule has 0 saturated carbocycles. The first-order valence-corrected chi connectivity index (χ1v) is 6.96. The zero-order valence-electron chi connectivity index (χ0n) is 12.7. The molecule has 3 aromatic rings. The van der Waals surface area contributed by atoms with Crippen LogP contribution in [-0.4, -0.2) is 33.2 Å². The minimum Gasteiger partial charge on any atom is -0.495 e. The van der Waals surface area contributed by atoms with Gasteiger partial charge in [0.15, 0.2) is 5.82 Å². The molecule has 23 heavy (non-hydrogen) atoms. The van der Waals surface area contributed by atoms with Gasteiger partial charge >= 0.3 is 0 Å². The summed E-state index contributed by atoms with van der Waals surface area (Å²) in [5.74, 6) is 0.970. The van der Waals surface area contributed by atoms with Crippen LogP contribution in [0.1, 0.15) is 10.4 Å². The predicted molar refractivity (Wildman–Crippen MR) is 85.2 cm³/mol. The van der Waals surface area contributed by atoms with E-state index in [0.29, 0.717) is 22.8 Å². The van der Waals surface area contributed by atoms with Crippen LogP contribution in [0.5, 0.6) is 5.75 Å². The molecule has 2 aromatic carbocycles. The molecule has 0 aliphatic heterocycles. The minimum absolute atomic E-state index is 0.230. The van der Waals surface area contributed by atoms with E-state index in [9.17, 15) is 4.79 Å². The van der Waals surface area contributed by atoms with Gasteiger partial charge in [-0.05, 0) is 34.7 Å². The predicted octanol–water partition coefficient (Wildman–Crippen LogP) is 2.14. The second-order valence-electron chi connectivity index (χ2n) is 4.86. The van der Waals surface area contributed by atoms with Gasteiger partial charge in [0, 0.05) is 18.2 Å². The van der Waals surface area contributed by atoms with Gasteiger partial charge < -0.3 is 10.1 Å². The number of aromatic nitrogens is 4.